The van der Waals surface area contributed by atoms with Crippen LogP contribution in [0.2, 0.25) is 0 Å². The molecule has 0 fully saturated rings. The lowest BCUT2D eigenvalue weighted by Crippen LogP contribution is -2.14. The Kier molecular flexibility index (Phi) is 4.41. The Balaban J connectivity index is 1.98. The second-order valence-electron chi connectivity index (χ2n) is 7.26. The molecule has 0 aromatic heterocycles. The van der Waals surface area contributed by atoms with Crippen LogP contribution in [0.4, 0.5) is 0 Å². The van der Waals surface area contributed by atoms with Gasteiger partial charge in [0.1, 0.15) is 5.76 Å². The maximum atomic E-state index is 13.3. The van der Waals surface area contributed by atoms with Crippen molar-refractivity contribution in [2.45, 2.75) is 25.7 Å². The van der Waals surface area contributed by atoms with E-state index in [9.17, 15) is 9.90 Å². The van der Waals surface area contributed by atoms with Gasteiger partial charge in [-0.1, -0.05) is 92.7 Å². The third kappa shape index (κ3) is 2.87. The van der Waals surface area contributed by atoms with Crippen LogP contribution in [0.3, 0.4) is 0 Å². The Hall–Kier alpha value is -3.13. The molecule has 0 saturated heterocycles. The normalized spacial score (nSPS) is 14.6. The Bertz CT molecular complexity index is 1030. The molecule has 4 rings (SSSR count). The van der Waals surface area contributed by atoms with Crippen molar-refractivity contribution in [3.8, 4) is 0 Å². The van der Waals surface area contributed by atoms with Gasteiger partial charge in [0.15, 0.2) is 5.78 Å². The standard InChI is InChI=1S/C25H22O2/c1-16(2)18-12-6-7-13-19(18)22(17-10-4-3-5-11-17)23-24(26)20-14-8-9-15-21(20)25(23)27/h3-16,22,26H,1-2H3/t22-/m0/s1. The minimum absolute atomic E-state index is 0.0875. The molecule has 1 aliphatic carbocycles. The van der Waals surface area contributed by atoms with Crippen LogP contribution in [-0.4, -0.2) is 10.9 Å². The summed E-state index contributed by atoms with van der Waals surface area (Å²) in [6.07, 6.45) is 0. The molecule has 2 nitrogen and oxygen atoms in total. The smallest absolute Gasteiger partial charge is 0.194 e. The summed E-state index contributed by atoms with van der Waals surface area (Å²) in [5.74, 6) is 0.0252. The number of Topliss-reactive ketones (excluding diaryl/α,β-unsaturated/α-hetero) is 1. The Morgan fingerprint density at radius 2 is 1.26 bits per heavy atom. The van der Waals surface area contributed by atoms with Crippen LogP contribution in [0, 0.1) is 0 Å². The van der Waals surface area contributed by atoms with Crippen molar-refractivity contribution in [2.75, 3.05) is 0 Å². The van der Waals surface area contributed by atoms with E-state index >= 15 is 0 Å². The fraction of sp³-hybridized carbons (Fsp3) is 0.160. The minimum Gasteiger partial charge on any atom is -0.507 e. The minimum atomic E-state index is -0.301. The summed E-state index contributed by atoms with van der Waals surface area (Å²) >= 11 is 0. The number of benzene rings is 3. The van der Waals surface area contributed by atoms with E-state index in [2.05, 4.69) is 26.0 Å². The van der Waals surface area contributed by atoms with E-state index in [1.54, 1.807) is 6.07 Å². The highest BCUT2D eigenvalue weighted by Gasteiger charge is 2.36. The molecule has 1 aliphatic rings. The fourth-order valence-corrected chi connectivity index (χ4v) is 4.00. The third-order valence-electron chi connectivity index (χ3n) is 5.28. The zero-order chi connectivity index (χ0) is 19.0. The number of hydrogen-bond donors (Lipinski definition) is 1. The van der Waals surface area contributed by atoms with Gasteiger partial charge in [-0.25, -0.2) is 0 Å². The van der Waals surface area contributed by atoms with E-state index in [1.807, 2.05) is 60.7 Å². The van der Waals surface area contributed by atoms with Gasteiger partial charge in [0.2, 0.25) is 0 Å². The predicted molar refractivity (Wildman–Crippen MR) is 109 cm³/mol. The number of rotatable bonds is 4. The highest BCUT2D eigenvalue weighted by molar-refractivity contribution is 6.20. The van der Waals surface area contributed by atoms with Crippen molar-refractivity contribution < 1.29 is 9.90 Å². The van der Waals surface area contributed by atoms with E-state index in [-0.39, 0.29) is 17.5 Å². The number of aliphatic hydroxyl groups is 1. The molecule has 0 heterocycles. The van der Waals surface area contributed by atoms with E-state index in [4.69, 9.17) is 0 Å². The summed E-state index contributed by atoms with van der Waals surface area (Å²) in [6, 6.07) is 25.5. The van der Waals surface area contributed by atoms with Crippen LogP contribution in [0.1, 0.15) is 58.3 Å². The van der Waals surface area contributed by atoms with Crippen molar-refractivity contribution in [3.63, 3.8) is 0 Å². The second kappa shape index (κ2) is 6.88. The molecule has 0 amide bonds. The van der Waals surface area contributed by atoms with Crippen LogP contribution < -0.4 is 0 Å². The van der Waals surface area contributed by atoms with Crippen LogP contribution in [-0.2, 0) is 0 Å². The van der Waals surface area contributed by atoms with Gasteiger partial charge >= 0.3 is 0 Å². The molecule has 0 aliphatic heterocycles. The molecule has 0 saturated carbocycles. The van der Waals surface area contributed by atoms with Crippen LogP contribution in [0.25, 0.3) is 5.76 Å². The first-order valence-corrected chi connectivity index (χ1v) is 9.30. The van der Waals surface area contributed by atoms with Gasteiger partial charge in [0.05, 0.1) is 5.57 Å². The van der Waals surface area contributed by atoms with Gasteiger partial charge in [0, 0.05) is 17.0 Å². The number of fused-ring (bicyclic) bond motifs is 1. The number of ketones is 1. The molecule has 3 aromatic rings. The van der Waals surface area contributed by atoms with E-state index < -0.39 is 0 Å². The van der Waals surface area contributed by atoms with Crippen LogP contribution >= 0.6 is 0 Å². The molecule has 3 aromatic carbocycles. The number of allylic oxidation sites excluding steroid dienone is 1. The van der Waals surface area contributed by atoms with E-state index in [1.165, 1.54) is 5.56 Å². The van der Waals surface area contributed by atoms with Crippen LogP contribution in [0.5, 0.6) is 0 Å². The lowest BCUT2D eigenvalue weighted by Gasteiger charge is -2.23. The molecule has 0 spiro atoms. The lowest BCUT2D eigenvalue weighted by molar-refractivity contribution is 0.103. The fourth-order valence-electron chi connectivity index (χ4n) is 4.00. The Morgan fingerprint density at radius 3 is 1.89 bits per heavy atom. The number of hydrogen-bond acceptors (Lipinski definition) is 2. The van der Waals surface area contributed by atoms with Crippen molar-refractivity contribution >= 4 is 11.5 Å². The first kappa shape index (κ1) is 17.3. The van der Waals surface area contributed by atoms with E-state index in [0.717, 1.165) is 11.1 Å². The zero-order valence-electron chi connectivity index (χ0n) is 15.5. The molecule has 134 valence electrons. The SMILES string of the molecule is CC(C)c1ccccc1[C@@H](C1=C(O)c2ccccc2C1=O)c1ccccc1. The summed E-state index contributed by atoms with van der Waals surface area (Å²) in [5.41, 5.74) is 4.94. The van der Waals surface area contributed by atoms with Crippen LogP contribution in [0.15, 0.2) is 84.4 Å². The number of carbonyl (C=O) groups excluding carboxylic acids is 1. The molecule has 0 unspecified atom stereocenters. The summed E-state index contributed by atoms with van der Waals surface area (Å²) in [5, 5.41) is 11.0. The lowest BCUT2D eigenvalue weighted by atomic mass is 9.79. The van der Waals surface area contributed by atoms with Gasteiger partial charge in [-0.3, -0.25) is 4.79 Å². The Morgan fingerprint density at radius 1 is 0.704 bits per heavy atom. The summed E-state index contributed by atoms with van der Waals surface area (Å²) in [7, 11) is 0. The zero-order valence-corrected chi connectivity index (χ0v) is 15.5. The van der Waals surface area contributed by atoms with Gasteiger partial charge in [-0.05, 0) is 22.6 Å². The monoisotopic (exact) mass is 354 g/mol. The highest BCUT2D eigenvalue weighted by atomic mass is 16.3. The van der Waals surface area contributed by atoms with Gasteiger partial charge in [-0.15, -0.1) is 0 Å². The number of carbonyl (C=O) groups is 1. The number of aliphatic hydroxyl groups excluding tert-OH is 1. The third-order valence-corrected chi connectivity index (χ3v) is 5.28. The first-order valence-electron chi connectivity index (χ1n) is 9.30. The maximum absolute atomic E-state index is 13.3. The van der Waals surface area contributed by atoms with Gasteiger partial charge in [0.25, 0.3) is 0 Å². The quantitative estimate of drug-likeness (QED) is 0.614. The largest absolute Gasteiger partial charge is 0.507 e. The molecular formula is C25H22O2. The average molecular weight is 354 g/mol. The topological polar surface area (TPSA) is 37.3 Å². The van der Waals surface area contributed by atoms with Gasteiger partial charge in [-0.2, -0.15) is 0 Å². The molecule has 1 atom stereocenters. The highest BCUT2D eigenvalue weighted by Crippen LogP contribution is 2.44. The summed E-state index contributed by atoms with van der Waals surface area (Å²) in [6.45, 7) is 4.31. The molecule has 27 heavy (non-hydrogen) atoms. The van der Waals surface area contributed by atoms with Crippen molar-refractivity contribution in [3.05, 3.63) is 112 Å². The van der Waals surface area contributed by atoms with Crippen molar-refractivity contribution in [1.29, 1.82) is 0 Å². The first-order chi connectivity index (χ1) is 13.1. The predicted octanol–water partition coefficient (Wildman–Crippen LogP) is 6.11. The average Bonchev–Trinajstić information content (AvgIpc) is 2.95. The molecule has 2 heteroatoms. The van der Waals surface area contributed by atoms with Gasteiger partial charge < -0.3 is 5.11 Å². The van der Waals surface area contributed by atoms with Crippen molar-refractivity contribution in [2.24, 2.45) is 0 Å². The molecular weight excluding hydrogens is 332 g/mol. The Labute approximate surface area is 159 Å². The molecule has 0 bridgehead atoms. The molecule has 0 radical (unpaired) electrons. The van der Waals surface area contributed by atoms with Crippen molar-refractivity contribution in [1.82, 2.24) is 0 Å². The van der Waals surface area contributed by atoms with E-state index in [0.29, 0.717) is 22.6 Å². The molecule has 1 N–H and O–H groups in total. The second-order valence-corrected chi connectivity index (χ2v) is 7.26. The summed E-state index contributed by atoms with van der Waals surface area (Å²) < 4.78 is 0. The maximum Gasteiger partial charge on any atom is 0.194 e. The summed E-state index contributed by atoms with van der Waals surface area (Å²) in [4.78, 5) is 13.3.